The van der Waals surface area contributed by atoms with Gasteiger partial charge in [-0.2, -0.15) is 0 Å². The molecule has 0 bridgehead atoms. The molecule has 0 aromatic carbocycles. The van der Waals surface area contributed by atoms with E-state index in [1.165, 1.54) is 0 Å². The Balaban J connectivity index is -0.000000547. The maximum absolute atomic E-state index is 5.52. The molecule has 0 atom stereocenters. The van der Waals surface area contributed by atoms with E-state index in [0.29, 0.717) is 19.8 Å². The summed E-state index contributed by atoms with van der Waals surface area (Å²) in [6.45, 7) is 29.4. The van der Waals surface area contributed by atoms with Crippen molar-refractivity contribution in [2.75, 3.05) is 120 Å². The summed E-state index contributed by atoms with van der Waals surface area (Å²) < 4.78 is 48.6. The average Bonchev–Trinajstić information content (AvgIpc) is 3.02. The molecule has 9 heteroatoms. The Morgan fingerprint density at radius 3 is 0.571 bits per heavy atom. The van der Waals surface area contributed by atoms with Gasteiger partial charge in [0.15, 0.2) is 0 Å². The first-order valence-corrected chi connectivity index (χ1v) is 16.2. The SMILES string of the molecule is CCC(COC)(COC)COC.CCOCC(CC)(COCC)COCC.CCOCC(CC)(COCC)COCC. The largest absolute Gasteiger partial charge is 0.384 e. The quantitative estimate of drug-likeness (QED) is 0.106. The Labute approximate surface area is 260 Å². The lowest BCUT2D eigenvalue weighted by Crippen LogP contribution is -2.36. The second-order valence-electron chi connectivity index (χ2n) is 10.7. The van der Waals surface area contributed by atoms with Gasteiger partial charge >= 0.3 is 0 Å². The zero-order chi connectivity index (χ0) is 32.6. The molecule has 0 fully saturated rings. The van der Waals surface area contributed by atoms with Gasteiger partial charge in [-0.1, -0.05) is 20.8 Å². The van der Waals surface area contributed by atoms with Crippen molar-refractivity contribution in [2.45, 2.75) is 81.6 Å². The van der Waals surface area contributed by atoms with Crippen LogP contribution in [0.3, 0.4) is 0 Å². The number of hydrogen-bond donors (Lipinski definition) is 0. The molecule has 0 aliphatic heterocycles. The van der Waals surface area contributed by atoms with Crippen LogP contribution in [0.15, 0.2) is 0 Å². The molecule has 258 valence electrons. The summed E-state index contributed by atoms with van der Waals surface area (Å²) >= 11 is 0. The summed E-state index contributed by atoms with van der Waals surface area (Å²) in [6, 6.07) is 0. The normalized spacial score (nSPS) is 12.0. The molecule has 0 spiro atoms. The highest BCUT2D eigenvalue weighted by Gasteiger charge is 2.30. The molecule has 0 unspecified atom stereocenters. The van der Waals surface area contributed by atoms with Crippen molar-refractivity contribution >= 4 is 0 Å². The Hall–Kier alpha value is -0.360. The van der Waals surface area contributed by atoms with Gasteiger partial charge in [-0.15, -0.1) is 0 Å². The van der Waals surface area contributed by atoms with Crippen molar-refractivity contribution in [3.05, 3.63) is 0 Å². The van der Waals surface area contributed by atoms with Gasteiger partial charge in [0.25, 0.3) is 0 Å². The van der Waals surface area contributed by atoms with Crippen molar-refractivity contribution in [3.63, 3.8) is 0 Å². The Bertz CT molecular complexity index is 427. The van der Waals surface area contributed by atoms with Crippen LogP contribution in [0.4, 0.5) is 0 Å². The van der Waals surface area contributed by atoms with Crippen LogP contribution in [0.25, 0.3) is 0 Å². The minimum Gasteiger partial charge on any atom is -0.384 e. The average molecular weight is 613 g/mol. The number of rotatable bonds is 27. The van der Waals surface area contributed by atoms with Crippen molar-refractivity contribution in [1.29, 1.82) is 0 Å². The molecule has 0 aromatic rings. The van der Waals surface area contributed by atoms with Gasteiger partial charge < -0.3 is 42.6 Å². The first kappa shape index (κ1) is 46.1. The van der Waals surface area contributed by atoms with Gasteiger partial charge in [-0.05, 0) is 60.8 Å². The third-order valence-electron chi connectivity index (χ3n) is 7.28. The molecule has 0 saturated carbocycles. The summed E-state index contributed by atoms with van der Waals surface area (Å²) in [5.74, 6) is 0. The second-order valence-corrected chi connectivity index (χ2v) is 10.7. The highest BCUT2D eigenvalue weighted by Crippen LogP contribution is 2.25. The first-order chi connectivity index (χ1) is 20.2. The Kier molecular flexibility index (Phi) is 35.1. The second kappa shape index (κ2) is 32.0. The number of hydrogen-bond acceptors (Lipinski definition) is 9. The maximum Gasteiger partial charge on any atom is 0.0566 e. The predicted molar refractivity (Wildman–Crippen MR) is 173 cm³/mol. The summed E-state index contributed by atoms with van der Waals surface area (Å²) in [7, 11) is 5.11. The van der Waals surface area contributed by atoms with E-state index in [9.17, 15) is 0 Å². The topological polar surface area (TPSA) is 83.1 Å². The third-order valence-corrected chi connectivity index (χ3v) is 7.28. The van der Waals surface area contributed by atoms with E-state index in [4.69, 9.17) is 42.6 Å². The summed E-state index contributed by atoms with van der Waals surface area (Å²) in [4.78, 5) is 0. The highest BCUT2D eigenvalue weighted by molar-refractivity contribution is 4.79. The smallest absolute Gasteiger partial charge is 0.0566 e. The lowest BCUT2D eigenvalue weighted by atomic mass is 9.88. The van der Waals surface area contributed by atoms with Gasteiger partial charge in [-0.3, -0.25) is 0 Å². The first-order valence-electron chi connectivity index (χ1n) is 16.2. The molecule has 0 heterocycles. The molecule has 0 radical (unpaired) electrons. The van der Waals surface area contributed by atoms with Gasteiger partial charge in [0.1, 0.15) is 0 Å². The van der Waals surface area contributed by atoms with Crippen molar-refractivity contribution in [2.24, 2.45) is 16.2 Å². The van der Waals surface area contributed by atoms with Gasteiger partial charge in [0.2, 0.25) is 0 Å². The van der Waals surface area contributed by atoms with Crippen LogP contribution in [-0.2, 0) is 42.6 Å². The van der Waals surface area contributed by atoms with Crippen molar-refractivity contribution < 1.29 is 42.6 Å². The molecule has 9 nitrogen and oxygen atoms in total. The molecule has 0 aliphatic carbocycles. The van der Waals surface area contributed by atoms with Crippen molar-refractivity contribution in [3.8, 4) is 0 Å². The molecular formula is C33H72O9. The zero-order valence-electron chi connectivity index (χ0n) is 29.9. The highest BCUT2D eigenvalue weighted by atomic mass is 16.5. The van der Waals surface area contributed by atoms with E-state index in [0.717, 1.165) is 98.5 Å². The van der Waals surface area contributed by atoms with Crippen LogP contribution in [0.5, 0.6) is 0 Å². The van der Waals surface area contributed by atoms with Gasteiger partial charge in [-0.25, -0.2) is 0 Å². The fraction of sp³-hybridized carbons (Fsp3) is 1.00. The van der Waals surface area contributed by atoms with Crippen LogP contribution >= 0.6 is 0 Å². The van der Waals surface area contributed by atoms with Gasteiger partial charge in [0.05, 0.1) is 59.5 Å². The lowest BCUT2D eigenvalue weighted by Gasteiger charge is -2.31. The third kappa shape index (κ3) is 23.1. The minimum atomic E-state index is 0.0260. The van der Waals surface area contributed by atoms with E-state index in [1.54, 1.807) is 21.3 Å². The Morgan fingerprint density at radius 2 is 0.452 bits per heavy atom. The van der Waals surface area contributed by atoms with E-state index in [1.807, 2.05) is 41.5 Å². The minimum absolute atomic E-state index is 0.0260. The van der Waals surface area contributed by atoms with Gasteiger partial charge in [0, 0.05) is 77.2 Å². The Morgan fingerprint density at radius 1 is 0.286 bits per heavy atom. The molecule has 0 amide bonds. The summed E-state index contributed by atoms with van der Waals surface area (Å²) in [5.41, 5.74) is 0.0856. The number of ether oxygens (including phenoxy) is 9. The van der Waals surface area contributed by atoms with E-state index in [-0.39, 0.29) is 16.2 Å². The number of methoxy groups -OCH3 is 3. The summed E-state index contributed by atoms with van der Waals surface area (Å²) in [6.07, 6.45) is 3.04. The van der Waals surface area contributed by atoms with Crippen LogP contribution in [-0.4, -0.2) is 120 Å². The molecular weight excluding hydrogens is 540 g/mol. The summed E-state index contributed by atoms with van der Waals surface area (Å²) in [5, 5.41) is 0. The zero-order valence-corrected chi connectivity index (χ0v) is 29.9. The van der Waals surface area contributed by atoms with Crippen LogP contribution in [0.1, 0.15) is 81.6 Å². The molecule has 0 saturated heterocycles. The van der Waals surface area contributed by atoms with Crippen molar-refractivity contribution in [1.82, 2.24) is 0 Å². The molecule has 0 N–H and O–H groups in total. The van der Waals surface area contributed by atoms with Crippen LogP contribution < -0.4 is 0 Å². The monoisotopic (exact) mass is 613 g/mol. The lowest BCUT2D eigenvalue weighted by molar-refractivity contribution is -0.0659. The van der Waals surface area contributed by atoms with E-state index < -0.39 is 0 Å². The molecule has 0 rings (SSSR count). The standard InChI is InChI=1S/2C12H26O3.C9H20O3/c2*1-5-12(9-13-6-2,10-14-7-3)11-15-8-4;1-5-9(6-10-2,7-11-3)8-12-4/h2*5-11H2,1-4H3;5-8H2,1-4H3. The van der Waals surface area contributed by atoms with E-state index in [2.05, 4.69) is 20.8 Å². The fourth-order valence-corrected chi connectivity index (χ4v) is 4.12. The fourth-order valence-electron chi connectivity index (χ4n) is 4.12. The van der Waals surface area contributed by atoms with Crippen LogP contribution in [0.2, 0.25) is 0 Å². The molecule has 42 heavy (non-hydrogen) atoms. The van der Waals surface area contributed by atoms with E-state index >= 15 is 0 Å². The molecule has 0 aromatic heterocycles. The maximum atomic E-state index is 5.52. The molecule has 0 aliphatic rings. The van der Waals surface area contributed by atoms with Crippen LogP contribution in [0, 0.1) is 16.2 Å². The predicted octanol–water partition coefficient (Wildman–Crippen LogP) is 6.31.